The number of nitrogens with zero attached hydrogens (tertiary/aromatic N) is 3. The molecule has 0 aromatic carbocycles. The fourth-order valence-corrected chi connectivity index (χ4v) is 1.93. The Kier molecular flexibility index (Phi) is 5.30. The summed E-state index contributed by atoms with van der Waals surface area (Å²) in [6.07, 6.45) is 2.12. The lowest BCUT2D eigenvalue weighted by atomic mass is 10.1. The van der Waals surface area contributed by atoms with E-state index in [0.717, 1.165) is 6.92 Å². The molecule has 1 amide bonds. The molecule has 0 aliphatic heterocycles. The van der Waals surface area contributed by atoms with Gasteiger partial charge in [0, 0.05) is 18.7 Å². The van der Waals surface area contributed by atoms with E-state index in [0.29, 0.717) is 17.0 Å². The summed E-state index contributed by atoms with van der Waals surface area (Å²) in [5.74, 6) is -2.99. The summed E-state index contributed by atoms with van der Waals surface area (Å²) in [6.45, 7) is 6.26. The molecule has 2 aromatic rings. The lowest BCUT2D eigenvalue weighted by molar-refractivity contribution is 0.0128. The number of hydrogen-bond donors (Lipinski definition) is 1. The van der Waals surface area contributed by atoms with Crippen LogP contribution >= 0.6 is 0 Å². The van der Waals surface area contributed by atoms with Crippen LogP contribution in [0, 0.1) is 0 Å². The second-order valence-corrected chi connectivity index (χ2v) is 6.57. The van der Waals surface area contributed by atoms with Gasteiger partial charge in [0.05, 0.1) is 17.9 Å². The van der Waals surface area contributed by atoms with Gasteiger partial charge in [0.1, 0.15) is 17.6 Å². The lowest BCUT2D eigenvalue weighted by Gasteiger charge is -2.19. The van der Waals surface area contributed by atoms with Crippen molar-refractivity contribution in [3.05, 3.63) is 42.1 Å². The van der Waals surface area contributed by atoms with Crippen molar-refractivity contribution in [2.75, 3.05) is 0 Å². The fourth-order valence-electron chi connectivity index (χ4n) is 1.93. The van der Waals surface area contributed by atoms with Crippen LogP contribution in [-0.4, -0.2) is 26.6 Å². The summed E-state index contributed by atoms with van der Waals surface area (Å²) in [5, 5.41) is 2.60. The molecule has 0 unspecified atom stereocenters. The molecule has 0 aliphatic rings. The first-order chi connectivity index (χ1) is 11.5. The Hall–Kier alpha value is -2.64. The Morgan fingerprint density at radius 2 is 1.88 bits per heavy atom. The van der Waals surface area contributed by atoms with E-state index >= 15 is 0 Å². The summed E-state index contributed by atoms with van der Waals surface area (Å²) in [5.41, 5.74) is 0.761. The first-order valence-corrected chi connectivity index (χ1v) is 7.67. The quantitative estimate of drug-likeness (QED) is 0.910. The minimum Gasteiger partial charge on any atom is -0.444 e. The maximum Gasteiger partial charge on any atom is 0.407 e. The molecule has 0 saturated heterocycles. The molecule has 0 radical (unpaired) electrons. The molecule has 2 aromatic heterocycles. The molecular formula is C17H20F2N4O2. The molecule has 2 rings (SSSR count). The van der Waals surface area contributed by atoms with Crippen LogP contribution in [0.4, 0.5) is 13.6 Å². The van der Waals surface area contributed by atoms with E-state index in [1.54, 1.807) is 26.8 Å². The fraction of sp³-hybridized carbons (Fsp3) is 0.412. The van der Waals surface area contributed by atoms with Crippen LogP contribution in [0.25, 0.3) is 11.3 Å². The highest BCUT2D eigenvalue weighted by molar-refractivity contribution is 5.67. The van der Waals surface area contributed by atoms with Gasteiger partial charge in [0.2, 0.25) is 0 Å². The van der Waals surface area contributed by atoms with Crippen LogP contribution in [0.1, 0.15) is 39.1 Å². The maximum atomic E-state index is 13.2. The summed E-state index contributed by atoms with van der Waals surface area (Å²) in [7, 11) is 0. The zero-order chi connectivity index (χ0) is 18.7. The Labute approximate surface area is 144 Å². The third-order valence-electron chi connectivity index (χ3n) is 3.05. The number of halogens is 2. The van der Waals surface area contributed by atoms with Crippen molar-refractivity contribution in [3.63, 3.8) is 0 Å². The van der Waals surface area contributed by atoms with E-state index in [9.17, 15) is 13.6 Å². The second kappa shape index (κ2) is 7.08. The predicted molar refractivity (Wildman–Crippen MR) is 87.9 cm³/mol. The predicted octanol–water partition coefficient (Wildman–Crippen LogP) is 3.68. The average molecular weight is 350 g/mol. The number of carbonyl (C=O) groups excluding carboxylic acids is 1. The summed E-state index contributed by atoms with van der Waals surface area (Å²) < 4.78 is 31.6. The van der Waals surface area contributed by atoms with Crippen LogP contribution in [0.5, 0.6) is 0 Å². The van der Waals surface area contributed by atoms with Gasteiger partial charge >= 0.3 is 6.09 Å². The number of rotatable bonds is 4. The van der Waals surface area contributed by atoms with Gasteiger partial charge < -0.3 is 10.1 Å². The number of alkyl halides is 2. The monoisotopic (exact) mass is 350 g/mol. The maximum absolute atomic E-state index is 13.2. The summed E-state index contributed by atoms with van der Waals surface area (Å²) >= 11 is 0. The highest BCUT2D eigenvalue weighted by Gasteiger charge is 2.25. The van der Waals surface area contributed by atoms with Crippen molar-refractivity contribution >= 4 is 6.09 Å². The highest BCUT2D eigenvalue weighted by atomic mass is 19.3. The van der Waals surface area contributed by atoms with Gasteiger partial charge in [-0.25, -0.2) is 14.8 Å². The molecule has 0 aliphatic carbocycles. The number of aromatic nitrogens is 3. The van der Waals surface area contributed by atoms with Crippen molar-refractivity contribution in [1.29, 1.82) is 0 Å². The van der Waals surface area contributed by atoms with Crippen LogP contribution in [0.15, 0.2) is 30.7 Å². The molecule has 134 valence electrons. The molecule has 2 heterocycles. The van der Waals surface area contributed by atoms with Crippen molar-refractivity contribution in [2.45, 2.75) is 45.8 Å². The number of nitrogens with one attached hydrogen (secondary N) is 1. The Bertz CT molecular complexity index is 738. The van der Waals surface area contributed by atoms with Gasteiger partial charge in [-0.15, -0.1) is 0 Å². The molecule has 0 saturated carbocycles. The summed E-state index contributed by atoms with van der Waals surface area (Å²) in [4.78, 5) is 23.6. The van der Waals surface area contributed by atoms with Crippen molar-refractivity contribution in [2.24, 2.45) is 0 Å². The SMILES string of the molecule is CC(C)(C)OC(=O)NCc1cc(-c2ccc(C(C)(F)F)nc2)ncn1. The standard InChI is InChI=1S/C17H20F2N4O2/c1-16(2,3)25-15(24)21-9-12-7-13(23-10-22-12)11-5-6-14(20-8-11)17(4,18)19/h5-8,10H,9H2,1-4H3,(H,21,24). The van der Waals surface area contributed by atoms with Crippen LogP contribution < -0.4 is 5.32 Å². The van der Waals surface area contributed by atoms with Crippen molar-refractivity contribution in [3.8, 4) is 11.3 Å². The average Bonchev–Trinajstić information content (AvgIpc) is 2.51. The smallest absolute Gasteiger partial charge is 0.407 e. The Balaban J connectivity index is 2.07. The number of carbonyl (C=O) groups is 1. The zero-order valence-electron chi connectivity index (χ0n) is 14.5. The molecule has 0 bridgehead atoms. The van der Waals surface area contributed by atoms with Gasteiger partial charge in [0.15, 0.2) is 0 Å². The number of alkyl carbamates (subject to hydrolysis) is 1. The molecule has 0 fully saturated rings. The van der Waals surface area contributed by atoms with Crippen molar-refractivity contribution < 1.29 is 18.3 Å². The minimum atomic E-state index is -2.99. The summed E-state index contributed by atoms with van der Waals surface area (Å²) in [6, 6.07) is 4.43. The molecule has 8 heteroatoms. The largest absolute Gasteiger partial charge is 0.444 e. The topological polar surface area (TPSA) is 77.0 Å². The van der Waals surface area contributed by atoms with Gasteiger partial charge in [-0.3, -0.25) is 4.98 Å². The van der Waals surface area contributed by atoms with E-state index in [1.807, 2.05) is 0 Å². The molecule has 6 nitrogen and oxygen atoms in total. The van der Waals surface area contributed by atoms with Crippen LogP contribution in [0.2, 0.25) is 0 Å². The molecular weight excluding hydrogens is 330 g/mol. The lowest BCUT2D eigenvalue weighted by Crippen LogP contribution is -2.32. The van der Waals surface area contributed by atoms with E-state index in [4.69, 9.17) is 4.74 Å². The number of amides is 1. The Morgan fingerprint density at radius 3 is 2.44 bits per heavy atom. The third-order valence-corrected chi connectivity index (χ3v) is 3.05. The Morgan fingerprint density at radius 1 is 1.16 bits per heavy atom. The molecule has 0 spiro atoms. The zero-order valence-corrected chi connectivity index (χ0v) is 14.5. The van der Waals surface area contributed by atoms with E-state index in [-0.39, 0.29) is 12.2 Å². The normalized spacial score (nSPS) is 11.9. The molecule has 1 N–H and O–H groups in total. The third kappa shape index (κ3) is 5.74. The van der Waals surface area contributed by atoms with Crippen LogP contribution in [0.3, 0.4) is 0 Å². The molecule has 0 atom stereocenters. The molecule has 25 heavy (non-hydrogen) atoms. The number of hydrogen-bond acceptors (Lipinski definition) is 5. The van der Waals surface area contributed by atoms with Gasteiger partial charge in [-0.2, -0.15) is 8.78 Å². The van der Waals surface area contributed by atoms with Gasteiger partial charge in [0.25, 0.3) is 5.92 Å². The highest BCUT2D eigenvalue weighted by Crippen LogP contribution is 2.26. The van der Waals surface area contributed by atoms with Crippen molar-refractivity contribution in [1.82, 2.24) is 20.3 Å². The first-order valence-electron chi connectivity index (χ1n) is 7.67. The van der Waals surface area contributed by atoms with E-state index in [2.05, 4.69) is 20.3 Å². The second-order valence-electron chi connectivity index (χ2n) is 6.57. The van der Waals surface area contributed by atoms with Crippen LogP contribution in [-0.2, 0) is 17.2 Å². The van der Waals surface area contributed by atoms with E-state index < -0.39 is 17.6 Å². The van der Waals surface area contributed by atoms with Gasteiger partial charge in [-0.1, -0.05) is 0 Å². The minimum absolute atomic E-state index is 0.156. The first kappa shape index (κ1) is 18.7. The number of pyridine rings is 1. The van der Waals surface area contributed by atoms with Gasteiger partial charge in [-0.05, 0) is 39.0 Å². The van der Waals surface area contributed by atoms with E-state index in [1.165, 1.54) is 24.7 Å². The number of ether oxygens (including phenoxy) is 1.